The molecule has 0 aliphatic heterocycles. The minimum Gasteiger partial charge on any atom is -0.338 e. The summed E-state index contributed by atoms with van der Waals surface area (Å²) in [6.07, 6.45) is 3.59. The van der Waals surface area contributed by atoms with Gasteiger partial charge in [0.1, 0.15) is 11.0 Å². The highest BCUT2D eigenvalue weighted by atomic mass is 32.2. The molecule has 0 spiro atoms. The summed E-state index contributed by atoms with van der Waals surface area (Å²) in [5.41, 5.74) is 0. The second-order valence-corrected chi connectivity index (χ2v) is 7.89. The van der Waals surface area contributed by atoms with Crippen LogP contribution in [-0.2, 0) is 22.0 Å². The average molecular weight is 326 g/mol. The Labute approximate surface area is 128 Å². The fourth-order valence-electron chi connectivity index (χ4n) is 2.04. The van der Waals surface area contributed by atoms with Gasteiger partial charge in [-0.1, -0.05) is 17.2 Å². The molecule has 0 bridgehead atoms. The molecule has 2 heterocycles. The molecule has 3 rings (SSSR count). The van der Waals surface area contributed by atoms with E-state index in [1.807, 2.05) is 6.92 Å². The molecule has 0 aromatic carbocycles. The van der Waals surface area contributed by atoms with E-state index in [1.165, 1.54) is 6.92 Å². The molecule has 0 radical (unpaired) electrons. The maximum atomic E-state index is 12.4. The highest BCUT2D eigenvalue weighted by Gasteiger charge is 2.32. The van der Waals surface area contributed by atoms with Crippen molar-refractivity contribution in [3.8, 4) is 0 Å². The van der Waals surface area contributed by atoms with Crippen LogP contribution in [0.4, 0.5) is 0 Å². The normalized spacial score (nSPS) is 16.8. The maximum absolute atomic E-state index is 12.4. The number of rotatable bonds is 7. The van der Waals surface area contributed by atoms with Gasteiger partial charge >= 0.3 is 0 Å². The van der Waals surface area contributed by atoms with Crippen molar-refractivity contribution in [1.82, 2.24) is 20.3 Å². The van der Waals surface area contributed by atoms with Gasteiger partial charge in [-0.3, -0.25) is 0 Å². The lowest BCUT2D eigenvalue weighted by Crippen LogP contribution is -2.13. The number of aryl methyl sites for hydroxylation is 1. The van der Waals surface area contributed by atoms with Crippen molar-refractivity contribution in [1.29, 1.82) is 0 Å². The topological polar surface area (TPSA) is 112 Å². The van der Waals surface area contributed by atoms with Crippen LogP contribution in [0.2, 0.25) is 0 Å². The van der Waals surface area contributed by atoms with Crippen LogP contribution in [0.3, 0.4) is 0 Å². The fraction of sp³-hybridized carbons (Fsp3) is 0.692. The molecule has 1 aliphatic carbocycles. The van der Waals surface area contributed by atoms with Gasteiger partial charge in [0, 0.05) is 12.3 Å². The summed E-state index contributed by atoms with van der Waals surface area (Å²) in [5, 5.41) is 6.70. The van der Waals surface area contributed by atoms with Crippen molar-refractivity contribution < 1.29 is 17.5 Å². The molecule has 22 heavy (non-hydrogen) atoms. The Morgan fingerprint density at radius 3 is 2.68 bits per heavy atom. The van der Waals surface area contributed by atoms with E-state index < -0.39 is 15.1 Å². The second kappa shape index (κ2) is 5.79. The van der Waals surface area contributed by atoms with Gasteiger partial charge in [-0.25, -0.2) is 8.42 Å². The Kier molecular flexibility index (Phi) is 3.98. The zero-order valence-electron chi connectivity index (χ0n) is 12.5. The van der Waals surface area contributed by atoms with Crippen LogP contribution >= 0.6 is 0 Å². The Bertz CT molecular complexity index is 748. The number of hydrogen-bond donors (Lipinski definition) is 0. The third-order valence-electron chi connectivity index (χ3n) is 3.59. The monoisotopic (exact) mass is 326 g/mol. The lowest BCUT2D eigenvalue weighted by Gasteiger charge is -2.05. The van der Waals surface area contributed by atoms with Crippen molar-refractivity contribution in [2.24, 2.45) is 0 Å². The first-order valence-corrected chi connectivity index (χ1v) is 9.07. The molecule has 9 heteroatoms. The molecule has 2 aromatic rings. The lowest BCUT2D eigenvalue weighted by molar-refractivity contribution is 0.368. The van der Waals surface area contributed by atoms with E-state index in [-0.39, 0.29) is 17.5 Å². The number of nitrogens with zero attached hydrogens (tertiary/aromatic N) is 4. The van der Waals surface area contributed by atoms with Gasteiger partial charge in [-0.15, -0.1) is 0 Å². The number of hydrogen-bond acceptors (Lipinski definition) is 8. The van der Waals surface area contributed by atoms with Crippen LogP contribution in [0.1, 0.15) is 67.7 Å². The van der Waals surface area contributed by atoms with E-state index in [0.29, 0.717) is 24.0 Å². The van der Waals surface area contributed by atoms with E-state index in [2.05, 4.69) is 20.3 Å². The van der Waals surface area contributed by atoms with Crippen molar-refractivity contribution in [3.05, 3.63) is 23.4 Å². The molecular formula is C13H18N4O4S. The van der Waals surface area contributed by atoms with E-state index in [9.17, 15) is 8.42 Å². The Hall–Kier alpha value is -1.77. The summed E-state index contributed by atoms with van der Waals surface area (Å²) in [6.45, 7) is 3.51. The molecule has 120 valence electrons. The molecule has 1 atom stereocenters. The van der Waals surface area contributed by atoms with Crippen molar-refractivity contribution in [2.45, 2.75) is 56.5 Å². The highest BCUT2D eigenvalue weighted by molar-refractivity contribution is 7.90. The second-order valence-electron chi connectivity index (χ2n) is 5.57. The molecule has 0 unspecified atom stereocenters. The van der Waals surface area contributed by atoms with E-state index in [4.69, 9.17) is 9.05 Å². The zero-order chi connectivity index (χ0) is 15.7. The van der Waals surface area contributed by atoms with Gasteiger partial charge in [0.05, 0.1) is 0 Å². The first-order valence-electron chi connectivity index (χ1n) is 7.36. The summed E-state index contributed by atoms with van der Waals surface area (Å²) >= 11 is 0. The van der Waals surface area contributed by atoms with E-state index in [1.54, 1.807) is 0 Å². The van der Waals surface area contributed by atoms with E-state index in [0.717, 1.165) is 19.3 Å². The van der Waals surface area contributed by atoms with Gasteiger partial charge in [0.2, 0.25) is 11.8 Å². The lowest BCUT2D eigenvalue weighted by atomic mass is 10.3. The Morgan fingerprint density at radius 2 is 2.00 bits per heavy atom. The minimum atomic E-state index is -3.55. The maximum Gasteiger partial charge on any atom is 0.244 e. The first kappa shape index (κ1) is 15.1. The molecule has 1 fully saturated rings. The van der Waals surface area contributed by atoms with Crippen LogP contribution in [0, 0.1) is 0 Å². The third-order valence-corrected chi connectivity index (χ3v) is 5.52. The number of sulfone groups is 1. The summed E-state index contributed by atoms with van der Waals surface area (Å²) in [6, 6.07) is 0. The molecule has 0 amide bonds. The van der Waals surface area contributed by atoms with Crippen molar-refractivity contribution in [3.63, 3.8) is 0 Å². The van der Waals surface area contributed by atoms with Crippen LogP contribution in [0.15, 0.2) is 9.05 Å². The third kappa shape index (κ3) is 3.18. The quantitative estimate of drug-likeness (QED) is 0.759. The van der Waals surface area contributed by atoms with Crippen LogP contribution < -0.4 is 0 Å². The highest BCUT2D eigenvalue weighted by Crippen LogP contribution is 2.38. The summed E-state index contributed by atoms with van der Waals surface area (Å²) in [7, 11) is -3.55. The molecule has 0 N–H and O–H groups in total. The molecular weight excluding hydrogens is 308 g/mol. The predicted octanol–water partition coefficient (Wildman–Crippen LogP) is 1.96. The molecule has 0 saturated heterocycles. The smallest absolute Gasteiger partial charge is 0.244 e. The van der Waals surface area contributed by atoms with Gasteiger partial charge < -0.3 is 9.05 Å². The minimum absolute atomic E-state index is 0.102. The molecule has 2 aromatic heterocycles. The standard InChI is InChI=1S/C13H18N4O4S/c1-3-4-10-14-13(21-16-10)8(2)22(18,19)7-11-15-12(17-20-11)9-5-6-9/h8-9H,3-7H2,1-2H3/t8-/m0/s1. The van der Waals surface area contributed by atoms with Gasteiger partial charge in [0.15, 0.2) is 21.5 Å². The van der Waals surface area contributed by atoms with Crippen LogP contribution in [0.25, 0.3) is 0 Å². The molecule has 1 aliphatic rings. The first-order chi connectivity index (χ1) is 10.5. The largest absolute Gasteiger partial charge is 0.338 e. The number of aromatic nitrogens is 4. The summed E-state index contributed by atoms with van der Waals surface area (Å²) in [4.78, 5) is 8.27. The van der Waals surface area contributed by atoms with Gasteiger partial charge in [-0.05, 0) is 26.2 Å². The van der Waals surface area contributed by atoms with Crippen molar-refractivity contribution >= 4 is 9.84 Å². The predicted molar refractivity (Wildman–Crippen MR) is 75.6 cm³/mol. The SMILES string of the molecule is CCCc1noc([C@H](C)S(=O)(=O)Cc2nc(C3CC3)no2)n1. The summed E-state index contributed by atoms with van der Waals surface area (Å²) in [5.74, 6) is 1.34. The van der Waals surface area contributed by atoms with E-state index >= 15 is 0 Å². The molecule has 8 nitrogen and oxygen atoms in total. The Balaban J connectivity index is 1.72. The molecule has 1 saturated carbocycles. The Morgan fingerprint density at radius 1 is 1.23 bits per heavy atom. The summed E-state index contributed by atoms with van der Waals surface area (Å²) < 4.78 is 34.9. The fourth-order valence-corrected chi connectivity index (χ4v) is 3.16. The zero-order valence-corrected chi connectivity index (χ0v) is 13.3. The average Bonchev–Trinajstić information content (AvgIpc) is 3.05. The van der Waals surface area contributed by atoms with Crippen LogP contribution in [-0.4, -0.2) is 28.7 Å². The van der Waals surface area contributed by atoms with Gasteiger partial charge in [-0.2, -0.15) is 9.97 Å². The van der Waals surface area contributed by atoms with Crippen LogP contribution in [0.5, 0.6) is 0 Å². The van der Waals surface area contributed by atoms with Crippen molar-refractivity contribution in [2.75, 3.05) is 0 Å². The van der Waals surface area contributed by atoms with Gasteiger partial charge in [0.25, 0.3) is 0 Å².